The largest absolute Gasteiger partial charge is 0.756 e. The summed E-state index contributed by atoms with van der Waals surface area (Å²) in [6.07, 6.45) is 18.2. The van der Waals surface area contributed by atoms with Gasteiger partial charge in [0, 0.05) is 0 Å². The second-order valence-corrected chi connectivity index (χ2v) is 13.9. The van der Waals surface area contributed by atoms with Gasteiger partial charge in [-0.05, 0) is 136 Å². The summed E-state index contributed by atoms with van der Waals surface area (Å²) in [4.78, 5) is 12.4. The van der Waals surface area contributed by atoms with Crippen LogP contribution < -0.4 is 4.89 Å². The molecular formula is C24H38O4P-. The van der Waals surface area contributed by atoms with E-state index in [1.54, 1.807) is 0 Å². The third kappa shape index (κ3) is 3.90. The molecular weight excluding hydrogens is 383 g/mol. The van der Waals surface area contributed by atoms with E-state index in [0.717, 1.165) is 48.3 Å². The monoisotopic (exact) mass is 421 g/mol. The first kappa shape index (κ1) is 19.8. The van der Waals surface area contributed by atoms with Crippen molar-refractivity contribution in [3.63, 3.8) is 0 Å². The van der Waals surface area contributed by atoms with Crippen molar-refractivity contribution in [1.29, 1.82) is 0 Å². The maximum Gasteiger partial charge on any atom is 0.267 e. The maximum atomic E-state index is 12.4. The van der Waals surface area contributed by atoms with Gasteiger partial charge in [0.1, 0.15) is 0 Å². The molecule has 8 fully saturated rings. The highest BCUT2D eigenvalue weighted by atomic mass is 31.2. The van der Waals surface area contributed by atoms with Gasteiger partial charge in [-0.1, -0.05) is 0 Å². The number of hydrogen-bond acceptors (Lipinski definition) is 4. The van der Waals surface area contributed by atoms with Crippen molar-refractivity contribution in [3.8, 4) is 0 Å². The third-order valence-electron chi connectivity index (χ3n) is 10.1. The van der Waals surface area contributed by atoms with E-state index in [1.165, 1.54) is 77.0 Å². The molecule has 0 aromatic rings. The van der Waals surface area contributed by atoms with Crippen LogP contribution in [0.2, 0.25) is 0 Å². The first-order valence-electron chi connectivity index (χ1n) is 12.5. The van der Waals surface area contributed by atoms with Crippen LogP contribution in [0.25, 0.3) is 0 Å². The molecule has 8 aliphatic rings. The minimum Gasteiger partial charge on any atom is -0.756 e. The van der Waals surface area contributed by atoms with Crippen molar-refractivity contribution in [3.05, 3.63) is 0 Å². The lowest BCUT2D eigenvalue weighted by Gasteiger charge is -2.57. The fourth-order valence-electron chi connectivity index (χ4n) is 9.98. The Morgan fingerprint density at radius 3 is 1.17 bits per heavy atom. The highest BCUT2D eigenvalue weighted by molar-refractivity contribution is 7.45. The molecule has 29 heavy (non-hydrogen) atoms. The normalized spacial score (nSPS) is 51.5. The summed E-state index contributed by atoms with van der Waals surface area (Å²) in [6.45, 7) is 0.647. The van der Waals surface area contributed by atoms with Crippen molar-refractivity contribution in [2.75, 3.05) is 13.2 Å². The van der Waals surface area contributed by atoms with Gasteiger partial charge in [0.15, 0.2) is 0 Å². The van der Waals surface area contributed by atoms with Gasteiger partial charge in [-0.2, -0.15) is 0 Å². The standard InChI is InChI=1S/C24H39O4P/c25-29(26,27-3-1-23-11-17-5-18(12-23)7-19(6-17)13-23)28-4-2-24-14-20-8-21(15-24)10-22(9-20)16-24/h17-22H,1-16H2,(H,25,26)/p-1. The molecule has 0 radical (unpaired) electrons. The molecule has 164 valence electrons. The second-order valence-electron chi connectivity index (χ2n) is 12.4. The Labute approximate surface area is 176 Å². The van der Waals surface area contributed by atoms with E-state index in [0.29, 0.717) is 24.0 Å². The molecule has 5 heteroatoms. The van der Waals surface area contributed by atoms with Crippen molar-refractivity contribution in [1.82, 2.24) is 0 Å². The van der Waals surface area contributed by atoms with Crippen LogP contribution in [0.15, 0.2) is 0 Å². The van der Waals surface area contributed by atoms with Gasteiger partial charge < -0.3 is 13.9 Å². The molecule has 0 atom stereocenters. The van der Waals surface area contributed by atoms with Gasteiger partial charge in [-0.25, -0.2) is 0 Å². The van der Waals surface area contributed by atoms with Gasteiger partial charge in [-0.3, -0.25) is 4.57 Å². The molecule has 8 saturated carbocycles. The van der Waals surface area contributed by atoms with E-state index in [-0.39, 0.29) is 0 Å². The van der Waals surface area contributed by atoms with E-state index < -0.39 is 7.82 Å². The van der Waals surface area contributed by atoms with E-state index in [9.17, 15) is 9.46 Å². The van der Waals surface area contributed by atoms with E-state index in [2.05, 4.69) is 0 Å². The van der Waals surface area contributed by atoms with Crippen LogP contribution in [-0.2, 0) is 13.6 Å². The predicted molar refractivity (Wildman–Crippen MR) is 110 cm³/mol. The van der Waals surface area contributed by atoms with Crippen LogP contribution in [0.4, 0.5) is 0 Å². The van der Waals surface area contributed by atoms with Gasteiger partial charge in [0.2, 0.25) is 0 Å². The van der Waals surface area contributed by atoms with Gasteiger partial charge >= 0.3 is 0 Å². The zero-order chi connectivity index (χ0) is 19.7. The molecule has 0 spiro atoms. The Morgan fingerprint density at radius 1 is 0.621 bits per heavy atom. The lowest BCUT2D eigenvalue weighted by atomic mass is 9.49. The Hall–Kier alpha value is 0.110. The van der Waals surface area contributed by atoms with Crippen LogP contribution in [0.3, 0.4) is 0 Å². The lowest BCUT2D eigenvalue weighted by Crippen LogP contribution is -2.46. The molecule has 0 N–H and O–H groups in total. The predicted octanol–water partition coefficient (Wildman–Crippen LogP) is 5.70. The fraction of sp³-hybridized carbons (Fsp3) is 1.00. The minimum atomic E-state index is -4.16. The Balaban J connectivity index is 0.977. The molecule has 0 aromatic heterocycles. The van der Waals surface area contributed by atoms with Crippen molar-refractivity contribution >= 4 is 7.82 Å². The molecule has 0 saturated heterocycles. The van der Waals surface area contributed by atoms with Crippen LogP contribution in [0, 0.1) is 46.3 Å². The molecule has 0 aromatic carbocycles. The SMILES string of the molecule is O=P([O-])(OCCC12CC3CC(CC(C3)C1)C2)OCCC12CC3CC(CC(C3)C1)C2. The van der Waals surface area contributed by atoms with Gasteiger partial charge in [0.25, 0.3) is 7.82 Å². The summed E-state index contributed by atoms with van der Waals surface area (Å²) in [5.74, 6) is 5.40. The Bertz CT molecular complexity index is 564. The molecule has 8 rings (SSSR count). The zero-order valence-corrected chi connectivity index (χ0v) is 18.8. The van der Waals surface area contributed by atoms with E-state index >= 15 is 0 Å². The van der Waals surface area contributed by atoms with Crippen molar-refractivity contribution in [2.24, 2.45) is 46.3 Å². The summed E-state index contributed by atoms with van der Waals surface area (Å²) in [5.41, 5.74) is 0.738. The molecule has 0 aliphatic heterocycles. The summed E-state index contributed by atoms with van der Waals surface area (Å²) in [6, 6.07) is 0. The van der Waals surface area contributed by atoms with Crippen LogP contribution in [-0.4, -0.2) is 13.2 Å². The molecule has 8 bridgehead atoms. The average molecular weight is 422 g/mol. The molecule has 0 amide bonds. The topological polar surface area (TPSA) is 58.6 Å². The highest BCUT2D eigenvalue weighted by Gasteiger charge is 2.51. The Kier molecular flexibility index (Phi) is 4.81. The molecule has 8 aliphatic carbocycles. The van der Waals surface area contributed by atoms with Crippen LogP contribution in [0.5, 0.6) is 0 Å². The van der Waals surface area contributed by atoms with E-state index in [1.807, 2.05) is 0 Å². The summed E-state index contributed by atoms with van der Waals surface area (Å²) in [5, 5.41) is 0. The first-order chi connectivity index (χ1) is 13.9. The zero-order valence-electron chi connectivity index (χ0n) is 17.9. The number of rotatable bonds is 8. The molecule has 4 nitrogen and oxygen atoms in total. The highest BCUT2D eigenvalue weighted by Crippen LogP contribution is 2.63. The quantitative estimate of drug-likeness (QED) is 0.472. The van der Waals surface area contributed by atoms with Crippen molar-refractivity contribution in [2.45, 2.75) is 89.9 Å². The number of hydrogen-bond donors (Lipinski definition) is 0. The third-order valence-corrected chi connectivity index (χ3v) is 11.1. The second kappa shape index (κ2) is 7.06. The number of phosphoric acid groups is 1. The molecule has 0 heterocycles. The Morgan fingerprint density at radius 2 is 0.897 bits per heavy atom. The maximum absolute atomic E-state index is 12.4. The smallest absolute Gasteiger partial charge is 0.267 e. The molecule has 0 unspecified atom stereocenters. The summed E-state index contributed by atoms with van der Waals surface area (Å²) < 4.78 is 23.1. The average Bonchev–Trinajstić information content (AvgIpc) is 2.58. The first-order valence-corrected chi connectivity index (χ1v) is 13.9. The van der Waals surface area contributed by atoms with Crippen LogP contribution >= 0.6 is 7.82 Å². The van der Waals surface area contributed by atoms with E-state index in [4.69, 9.17) is 9.05 Å². The van der Waals surface area contributed by atoms with Gasteiger partial charge in [-0.15, -0.1) is 0 Å². The lowest BCUT2D eigenvalue weighted by molar-refractivity contribution is -0.227. The summed E-state index contributed by atoms with van der Waals surface area (Å²) >= 11 is 0. The fourth-order valence-corrected chi connectivity index (χ4v) is 10.7. The summed E-state index contributed by atoms with van der Waals surface area (Å²) in [7, 11) is -4.16. The van der Waals surface area contributed by atoms with Crippen molar-refractivity contribution < 1.29 is 18.5 Å². The van der Waals surface area contributed by atoms with Gasteiger partial charge in [0.05, 0.1) is 13.2 Å². The van der Waals surface area contributed by atoms with Crippen LogP contribution in [0.1, 0.15) is 89.9 Å². The number of phosphoric ester groups is 1. The minimum absolute atomic E-state index is 0.324.